The van der Waals surface area contributed by atoms with Crippen LogP contribution >= 0.6 is 23.2 Å². The molecule has 1 fully saturated rings. The number of methoxy groups -OCH3 is 1. The average molecular weight is 709 g/mol. The van der Waals surface area contributed by atoms with Crippen molar-refractivity contribution in [3.8, 4) is 5.75 Å². The van der Waals surface area contributed by atoms with E-state index in [1.807, 2.05) is 36.4 Å². The number of nitrogens with zero attached hydrogens (tertiary/aromatic N) is 2. The smallest absolute Gasteiger partial charge is 0.264 e. The first-order valence-corrected chi connectivity index (χ1v) is 18.1. The van der Waals surface area contributed by atoms with Crippen LogP contribution in [0, 0.1) is 0 Å². The highest BCUT2D eigenvalue weighted by Crippen LogP contribution is 2.28. The van der Waals surface area contributed by atoms with E-state index in [0.29, 0.717) is 21.4 Å². The fourth-order valence-corrected chi connectivity index (χ4v) is 7.69. The van der Waals surface area contributed by atoms with Crippen molar-refractivity contribution in [2.24, 2.45) is 0 Å². The zero-order valence-electron chi connectivity index (χ0n) is 26.7. The van der Waals surface area contributed by atoms with E-state index in [4.69, 9.17) is 27.9 Å². The SMILES string of the molecule is COc1ccc(S(=O)(=O)N(CC(=O)N(Cc2cccc(Cl)c2)C(Cc2ccccc2)C(=O)NC2CCCCC2)c2ccc(Cl)cc2)cc1. The van der Waals surface area contributed by atoms with Crippen LogP contribution in [0.5, 0.6) is 5.75 Å². The molecule has 4 aromatic rings. The number of anilines is 1. The van der Waals surface area contributed by atoms with Crippen molar-refractivity contribution in [2.45, 2.75) is 62.0 Å². The number of nitrogens with one attached hydrogen (secondary N) is 1. The number of hydrogen-bond acceptors (Lipinski definition) is 5. The van der Waals surface area contributed by atoms with Crippen LogP contribution in [-0.4, -0.2) is 50.9 Å². The molecule has 0 aliphatic heterocycles. The summed E-state index contributed by atoms with van der Waals surface area (Å²) in [6.07, 6.45) is 5.16. The monoisotopic (exact) mass is 707 g/mol. The quantitative estimate of drug-likeness (QED) is 0.158. The van der Waals surface area contributed by atoms with E-state index in [2.05, 4.69) is 5.32 Å². The predicted molar refractivity (Wildman–Crippen MR) is 190 cm³/mol. The van der Waals surface area contributed by atoms with E-state index < -0.39 is 28.5 Å². The van der Waals surface area contributed by atoms with Gasteiger partial charge >= 0.3 is 0 Å². The molecule has 1 aliphatic carbocycles. The Morgan fingerprint density at radius 2 is 1.50 bits per heavy atom. The van der Waals surface area contributed by atoms with Gasteiger partial charge in [-0.15, -0.1) is 0 Å². The Hall–Kier alpha value is -4.05. The first-order valence-electron chi connectivity index (χ1n) is 15.9. The molecule has 0 spiro atoms. The van der Waals surface area contributed by atoms with E-state index in [1.165, 1.54) is 24.1 Å². The van der Waals surface area contributed by atoms with Gasteiger partial charge in [0, 0.05) is 29.1 Å². The molecule has 1 saturated carbocycles. The van der Waals surface area contributed by atoms with Gasteiger partial charge in [0.2, 0.25) is 11.8 Å². The molecular formula is C37H39Cl2N3O5S. The van der Waals surface area contributed by atoms with E-state index in [0.717, 1.165) is 42.0 Å². The summed E-state index contributed by atoms with van der Waals surface area (Å²) in [5.74, 6) is -0.345. The molecule has 11 heteroatoms. The lowest BCUT2D eigenvalue weighted by molar-refractivity contribution is -0.140. The van der Waals surface area contributed by atoms with Crippen LogP contribution in [0.15, 0.2) is 108 Å². The van der Waals surface area contributed by atoms with Gasteiger partial charge < -0.3 is 15.0 Å². The number of rotatable bonds is 13. The number of carbonyl (C=O) groups excluding carboxylic acids is 2. The van der Waals surface area contributed by atoms with E-state index >= 15 is 0 Å². The maximum Gasteiger partial charge on any atom is 0.264 e. The molecule has 0 bridgehead atoms. The van der Waals surface area contributed by atoms with Crippen molar-refractivity contribution in [3.63, 3.8) is 0 Å². The number of halogens is 2. The number of carbonyl (C=O) groups is 2. The van der Waals surface area contributed by atoms with E-state index in [1.54, 1.807) is 54.6 Å². The standard InChI is InChI=1S/C37H39Cl2N3O5S/c1-47-33-19-21-34(22-20-33)48(45,46)42(32-17-15-29(38)16-18-32)26-36(43)41(25-28-11-8-12-30(39)23-28)35(24-27-9-4-2-5-10-27)37(44)40-31-13-6-3-7-14-31/h2,4-5,8-12,15-23,31,35H,3,6-7,13-14,24-26H2,1H3,(H,40,44). The summed E-state index contributed by atoms with van der Waals surface area (Å²) in [5, 5.41) is 4.11. The molecule has 1 unspecified atom stereocenters. The minimum atomic E-state index is -4.26. The molecule has 8 nitrogen and oxygen atoms in total. The summed E-state index contributed by atoms with van der Waals surface area (Å²) >= 11 is 12.5. The highest BCUT2D eigenvalue weighted by Gasteiger charge is 2.35. The zero-order chi connectivity index (χ0) is 34.1. The Bertz CT molecular complexity index is 1780. The highest BCUT2D eigenvalue weighted by atomic mass is 35.5. The Balaban J connectivity index is 1.56. The van der Waals surface area contributed by atoms with E-state index in [-0.39, 0.29) is 35.5 Å². The van der Waals surface area contributed by atoms with Gasteiger partial charge in [0.25, 0.3) is 10.0 Å². The number of hydrogen-bond donors (Lipinski definition) is 1. The summed E-state index contributed by atoms with van der Waals surface area (Å²) in [6, 6.07) is 27.8. The Kier molecular flexibility index (Phi) is 12.0. The fourth-order valence-electron chi connectivity index (χ4n) is 5.94. The molecule has 2 amide bonds. The lowest BCUT2D eigenvalue weighted by Gasteiger charge is -2.35. The second kappa shape index (κ2) is 16.4. The zero-order valence-corrected chi connectivity index (χ0v) is 29.1. The van der Waals surface area contributed by atoms with Crippen molar-refractivity contribution < 1.29 is 22.7 Å². The first kappa shape index (κ1) is 35.3. The molecule has 48 heavy (non-hydrogen) atoms. The second-order valence-corrected chi connectivity index (χ2v) is 14.6. The number of amides is 2. The second-order valence-electron chi connectivity index (χ2n) is 11.9. The van der Waals surface area contributed by atoms with Gasteiger partial charge in [-0.05, 0) is 84.6 Å². The molecule has 252 valence electrons. The van der Waals surface area contributed by atoms with Crippen LogP contribution in [-0.2, 0) is 32.6 Å². The number of benzene rings is 4. The summed E-state index contributed by atoms with van der Waals surface area (Å²) in [5.41, 5.74) is 1.82. The lowest BCUT2D eigenvalue weighted by atomic mass is 9.94. The third-order valence-electron chi connectivity index (χ3n) is 8.51. The van der Waals surface area contributed by atoms with Gasteiger partial charge in [0.05, 0.1) is 17.7 Å². The van der Waals surface area contributed by atoms with E-state index in [9.17, 15) is 18.0 Å². The molecule has 1 aliphatic rings. The topological polar surface area (TPSA) is 96.0 Å². The van der Waals surface area contributed by atoms with Crippen LogP contribution < -0.4 is 14.4 Å². The van der Waals surface area contributed by atoms with Crippen molar-refractivity contribution in [3.05, 3.63) is 124 Å². The highest BCUT2D eigenvalue weighted by molar-refractivity contribution is 7.92. The predicted octanol–water partition coefficient (Wildman–Crippen LogP) is 7.29. The third kappa shape index (κ3) is 9.09. The number of ether oxygens (including phenoxy) is 1. The summed E-state index contributed by atoms with van der Waals surface area (Å²) in [4.78, 5) is 30.3. The molecular weight excluding hydrogens is 669 g/mol. The molecule has 4 aromatic carbocycles. The Labute approximate surface area is 292 Å². The molecule has 1 atom stereocenters. The summed E-state index contributed by atoms with van der Waals surface area (Å²) in [7, 11) is -2.77. The molecule has 5 rings (SSSR count). The fraction of sp³-hybridized carbons (Fsp3) is 0.297. The maximum absolute atomic E-state index is 14.7. The Morgan fingerprint density at radius 1 is 0.833 bits per heavy atom. The Morgan fingerprint density at radius 3 is 2.15 bits per heavy atom. The molecule has 0 saturated heterocycles. The molecule has 0 heterocycles. The van der Waals surface area contributed by atoms with Crippen LogP contribution in [0.2, 0.25) is 10.0 Å². The third-order valence-corrected chi connectivity index (χ3v) is 10.8. The van der Waals surface area contributed by atoms with Gasteiger partial charge in [0.1, 0.15) is 18.3 Å². The van der Waals surface area contributed by atoms with Crippen molar-refractivity contribution in [2.75, 3.05) is 18.0 Å². The van der Waals surface area contributed by atoms with Gasteiger partial charge in [-0.2, -0.15) is 0 Å². The van der Waals surface area contributed by atoms with Crippen molar-refractivity contribution >= 4 is 50.7 Å². The maximum atomic E-state index is 14.7. The number of sulfonamides is 1. The van der Waals surface area contributed by atoms with Crippen LogP contribution in [0.4, 0.5) is 5.69 Å². The first-order chi connectivity index (χ1) is 23.1. The van der Waals surface area contributed by atoms with Gasteiger partial charge in [0.15, 0.2) is 0 Å². The normalized spacial score (nSPS) is 14.1. The van der Waals surface area contributed by atoms with Crippen LogP contribution in [0.3, 0.4) is 0 Å². The van der Waals surface area contributed by atoms with Crippen LogP contribution in [0.1, 0.15) is 43.2 Å². The average Bonchev–Trinajstić information content (AvgIpc) is 3.10. The summed E-state index contributed by atoms with van der Waals surface area (Å²) in [6.45, 7) is -0.537. The van der Waals surface area contributed by atoms with Crippen molar-refractivity contribution in [1.82, 2.24) is 10.2 Å². The largest absolute Gasteiger partial charge is 0.497 e. The molecule has 0 radical (unpaired) electrons. The molecule has 0 aromatic heterocycles. The lowest BCUT2D eigenvalue weighted by Crippen LogP contribution is -2.55. The van der Waals surface area contributed by atoms with Gasteiger partial charge in [-0.25, -0.2) is 8.42 Å². The van der Waals surface area contributed by atoms with Crippen molar-refractivity contribution in [1.29, 1.82) is 0 Å². The minimum Gasteiger partial charge on any atom is -0.497 e. The summed E-state index contributed by atoms with van der Waals surface area (Å²) < 4.78 is 34.7. The van der Waals surface area contributed by atoms with Crippen LogP contribution in [0.25, 0.3) is 0 Å². The minimum absolute atomic E-state index is 0.00802. The molecule has 1 N–H and O–H groups in total. The van der Waals surface area contributed by atoms with Gasteiger partial charge in [-0.1, -0.05) is 84.9 Å². The van der Waals surface area contributed by atoms with Gasteiger partial charge in [-0.3, -0.25) is 13.9 Å².